The molecule has 0 unspecified atom stereocenters. The summed E-state index contributed by atoms with van der Waals surface area (Å²) in [4.78, 5) is 7.90. The number of nitrogens with one attached hydrogen (secondary N) is 1. The van der Waals surface area contributed by atoms with Crippen molar-refractivity contribution in [3.63, 3.8) is 0 Å². The van der Waals surface area contributed by atoms with Gasteiger partial charge in [-0.05, 0) is 51.9 Å². The summed E-state index contributed by atoms with van der Waals surface area (Å²) in [7, 11) is 2.03. The Morgan fingerprint density at radius 1 is 1.53 bits per heavy atom. The van der Waals surface area contributed by atoms with E-state index < -0.39 is 0 Å². The number of rotatable bonds is 5. The van der Waals surface area contributed by atoms with Crippen molar-refractivity contribution in [3.8, 4) is 0 Å². The number of nitrogen functional groups attached to an aromatic ring is 1. The lowest BCUT2D eigenvalue weighted by Gasteiger charge is -2.31. The molecular formula is C12H22N4S. The largest absolute Gasteiger partial charge is 0.375 e. The van der Waals surface area contributed by atoms with Crippen LogP contribution >= 0.6 is 11.3 Å². The molecule has 1 aliphatic heterocycles. The number of aromatic nitrogens is 1. The van der Waals surface area contributed by atoms with E-state index in [1.54, 1.807) is 11.3 Å². The number of nitrogens with two attached hydrogens (primary N) is 1. The van der Waals surface area contributed by atoms with Crippen LogP contribution in [-0.4, -0.2) is 36.6 Å². The molecule has 1 fully saturated rings. The van der Waals surface area contributed by atoms with Gasteiger partial charge in [0.25, 0.3) is 0 Å². The first-order valence-electron chi connectivity index (χ1n) is 6.35. The molecule has 2 heterocycles. The molecule has 1 aromatic rings. The third-order valence-electron chi connectivity index (χ3n) is 3.46. The highest BCUT2D eigenvalue weighted by molar-refractivity contribution is 7.15. The standard InChI is InChI=1S/C12H22N4S/c1-14-5-2-10-3-6-16(7-4-10)9-11-8-15-12(13)17-11/h8,10,14H,2-7,9H2,1H3,(H2,13,15). The zero-order valence-corrected chi connectivity index (χ0v) is 11.3. The van der Waals surface area contributed by atoms with E-state index in [4.69, 9.17) is 5.73 Å². The summed E-state index contributed by atoms with van der Waals surface area (Å²) in [6.45, 7) is 4.60. The van der Waals surface area contributed by atoms with E-state index >= 15 is 0 Å². The summed E-state index contributed by atoms with van der Waals surface area (Å²) in [6, 6.07) is 0. The molecule has 0 atom stereocenters. The lowest BCUT2D eigenvalue weighted by atomic mass is 9.93. The number of thiazole rings is 1. The van der Waals surface area contributed by atoms with Crippen LogP contribution in [0.5, 0.6) is 0 Å². The Bertz CT molecular complexity index is 331. The Morgan fingerprint density at radius 3 is 2.88 bits per heavy atom. The van der Waals surface area contributed by atoms with Gasteiger partial charge >= 0.3 is 0 Å². The molecule has 5 heteroatoms. The fourth-order valence-corrected chi connectivity index (χ4v) is 3.12. The molecule has 0 saturated carbocycles. The van der Waals surface area contributed by atoms with Gasteiger partial charge in [0.2, 0.25) is 0 Å². The Kier molecular flexibility index (Phi) is 4.76. The quantitative estimate of drug-likeness (QED) is 0.837. The van der Waals surface area contributed by atoms with Crippen molar-refractivity contribution in [2.45, 2.75) is 25.8 Å². The van der Waals surface area contributed by atoms with Crippen molar-refractivity contribution >= 4 is 16.5 Å². The minimum absolute atomic E-state index is 0.684. The SMILES string of the molecule is CNCCC1CCN(Cc2cnc(N)s2)CC1. The third-order valence-corrected chi connectivity index (χ3v) is 4.27. The number of piperidine rings is 1. The van der Waals surface area contributed by atoms with Gasteiger partial charge in [-0.15, -0.1) is 11.3 Å². The van der Waals surface area contributed by atoms with Crippen LogP contribution in [0.25, 0.3) is 0 Å². The maximum Gasteiger partial charge on any atom is 0.180 e. The van der Waals surface area contributed by atoms with Crippen LogP contribution < -0.4 is 11.1 Å². The molecule has 1 saturated heterocycles. The summed E-state index contributed by atoms with van der Waals surface area (Å²) in [5.41, 5.74) is 5.64. The predicted molar refractivity (Wildman–Crippen MR) is 73.1 cm³/mol. The number of anilines is 1. The van der Waals surface area contributed by atoms with Crippen LogP contribution in [0.2, 0.25) is 0 Å². The highest BCUT2D eigenvalue weighted by Gasteiger charge is 2.19. The molecule has 0 radical (unpaired) electrons. The highest BCUT2D eigenvalue weighted by Crippen LogP contribution is 2.23. The van der Waals surface area contributed by atoms with Crippen molar-refractivity contribution in [2.24, 2.45) is 5.92 Å². The molecule has 96 valence electrons. The third kappa shape index (κ3) is 3.94. The monoisotopic (exact) mass is 254 g/mol. The molecule has 1 aliphatic rings. The summed E-state index contributed by atoms with van der Waals surface area (Å²) in [6.07, 6.45) is 5.89. The Morgan fingerprint density at radius 2 is 2.29 bits per heavy atom. The minimum Gasteiger partial charge on any atom is -0.375 e. The molecule has 3 N–H and O–H groups in total. The second-order valence-electron chi connectivity index (χ2n) is 4.78. The van der Waals surface area contributed by atoms with Crippen molar-refractivity contribution in [1.29, 1.82) is 0 Å². The topological polar surface area (TPSA) is 54.2 Å². The number of nitrogens with zero attached hydrogens (tertiary/aromatic N) is 2. The van der Waals surface area contributed by atoms with Gasteiger partial charge < -0.3 is 11.1 Å². The van der Waals surface area contributed by atoms with Crippen molar-refractivity contribution in [1.82, 2.24) is 15.2 Å². The first-order chi connectivity index (χ1) is 8.28. The van der Waals surface area contributed by atoms with Crippen molar-refractivity contribution < 1.29 is 0 Å². The molecule has 0 spiro atoms. The number of hydrogen-bond acceptors (Lipinski definition) is 5. The summed E-state index contributed by atoms with van der Waals surface area (Å²) < 4.78 is 0. The van der Waals surface area contributed by atoms with E-state index in [-0.39, 0.29) is 0 Å². The van der Waals surface area contributed by atoms with E-state index in [2.05, 4.69) is 15.2 Å². The van der Waals surface area contributed by atoms with E-state index in [0.717, 1.165) is 19.0 Å². The second kappa shape index (κ2) is 6.33. The van der Waals surface area contributed by atoms with Gasteiger partial charge in [-0.1, -0.05) is 0 Å². The van der Waals surface area contributed by atoms with Crippen LogP contribution in [0.3, 0.4) is 0 Å². The zero-order chi connectivity index (χ0) is 12.1. The number of hydrogen-bond donors (Lipinski definition) is 2. The average molecular weight is 254 g/mol. The van der Waals surface area contributed by atoms with Crippen LogP contribution in [0.15, 0.2) is 6.20 Å². The smallest absolute Gasteiger partial charge is 0.180 e. The lowest BCUT2D eigenvalue weighted by molar-refractivity contribution is 0.173. The first kappa shape index (κ1) is 12.8. The molecular weight excluding hydrogens is 232 g/mol. The van der Waals surface area contributed by atoms with Gasteiger partial charge in [-0.25, -0.2) is 4.98 Å². The van der Waals surface area contributed by atoms with Gasteiger partial charge in [0.05, 0.1) is 0 Å². The second-order valence-corrected chi connectivity index (χ2v) is 5.92. The van der Waals surface area contributed by atoms with Gasteiger partial charge in [0.1, 0.15) is 0 Å². The van der Waals surface area contributed by atoms with Crippen LogP contribution in [0, 0.1) is 5.92 Å². The molecule has 0 amide bonds. The van der Waals surface area contributed by atoms with Gasteiger partial charge in [-0.2, -0.15) is 0 Å². The van der Waals surface area contributed by atoms with Gasteiger partial charge in [0, 0.05) is 17.6 Å². The summed E-state index contributed by atoms with van der Waals surface area (Å²) in [5, 5.41) is 3.92. The molecule has 2 rings (SSSR count). The average Bonchev–Trinajstić information content (AvgIpc) is 2.74. The maximum absolute atomic E-state index is 5.64. The lowest BCUT2D eigenvalue weighted by Crippen LogP contribution is -2.33. The Labute approximate surface area is 107 Å². The first-order valence-corrected chi connectivity index (χ1v) is 7.16. The Balaban J connectivity index is 1.72. The van der Waals surface area contributed by atoms with Crippen molar-refractivity contribution in [2.75, 3.05) is 32.4 Å². The van der Waals surface area contributed by atoms with Crippen LogP contribution in [-0.2, 0) is 6.54 Å². The van der Waals surface area contributed by atoms with Crippen LogP contribution in [0.4, 0.5) is 5.13 Å². The van der Waals surface area contributed by atoms with Crippen molar-refractivity contribution in [3.05, 3.63) is 11.1 Å². The fraction of sp³-hybridized carbons (Fsp3) is 0.750. The molecule has 4 nitrogen and oxygen atoms in total. The fourth-order valence-electron chi connectivity index (χ4n) is 2.40. The summed E-state index contributed by atoms with van der Waals surface area (Å²) in [5.74, 6) is 0.908. The molecule has 17 heavy (non-hydrogen) atoms. The maximum atomic E-state index is 5.64. The number of likely N-dealkylation sites (tertiary alicyclic amines) is 1. The van der Waals surface area contributed by atoms with Gasteiger partial charge in [0.15, 0.2) is 5.13 Å². The van der Waals surface area contributed by atoms with E-state index in [0.29, 0.717) is 5.13 Å². The Hall–Kier alpha value is -0.650. The highest BCUT2D eigenvalue weighted by atomic mass is 32.1. The van der Waals surface area contributed by atoms with Gasteiger partial charge in [-0.3, -0.25) is 4.90 Å². The minimum atomic E-state index is 0.684. The molecule has 1 aromatic heterocycles. The van der Waals surface area contributed by atoms with Crippen LogP contribution in [0.1, 0.15) is 24.1 Å². The molecule has 0 aromatic carbocycles. The molecule has 0 aliphatic carbocycles. The summed E-state index contributed by atoms with van der Waals surface area (Å²) >= 11 is 1.61. The predicted octanol–water partition coefficient (Wildman–Crippen LogP) is 1.55. The van der Waals surface area contributed by atoms with E-state index in [9.17, 15) is 0 Å². The zero-order valence-electron chi connectivity index (χ0n) is 10.5. The normalized spacial score (nSPS) is 18.6. The molecule has 0 bridgehead atoms. The van der Waals surface area contributed by atoms with E-state index in [1.165, 1.54) is 37.2 Å². The van der Waals surface area contributed by atoms with E-state index in [1.807, 2.05) is 13.2 Å².